The van der Waals surface area contributed by atoms with Gasteiger partial charge in [-0.05, 0) is 19.3 Å². The maximum absolute atomic E-state index is 8.49. The van der Waals surface area contributed by atoms with Gasteiger partial charge in [0.1, 0.15) is 0 Å². The van der Waals surface area contributed by atoms with Crippen molar-refractivity contribution < 1.29 is 33.8 Å². The van der Waals surface area contributed by atoms with E-state index in [4.69, 9.17) is 18.6 Å². The lowest BCUT2D eigenvalue weighted by atomic mass is 10.1. The number of hydrogen-bond acceptors (Lipinski definition) is 4. The molecule has 0 atom stereocenters. The Morgan fingerprint density at radius 2 is 1.25 bits per heavy atom. The molecule has 0 aromatic heterocycles. The van der Waals surface area contributed by atoms with E-state index in [1.807, 2.05) is 0 Å². The molecule has 74 valence electrons. The van der Waals surface area contributed by atoms with Gasteiger partial charge < -0.3 is 4.90 Å². The zero-order chi connectivity index (χ0) is 9.61. The second-order valence-electron chi connectivity index (χ2n) is 2.90. The average Bonchev–Trinajstić information content (AvgIpc) is 1.85. The SMILES string of the molecule is C[NH+]1CCCCC1.[O-][Cl+3]([O-])([O-])[O-]. The summed E-state index contributed by atoms with van der Waals surface area (Å²) in [6, 6.07) is 0. The van der Waals surface area contributed by atoms with Crippen LogP contribution >= 0.6 is 0 Å². The molecule has 0 aliphatic carbocycles. The van der Waals surface area contributed by atoms with Gasteiger partial charge >= 0.3 is 0 Å². The van der Waals surface area contributed by atoms with E-state index in [2.05, 4.69) is 7.05 Å². The lowest BCUT2D eigenvalue weighted by molar-refractivity contribution is -2.00. The average molecular weight is 200 g/mol. The van der Waals surface area contributed by atoms with Gasteiger partial charge in [0.25, 0.3) is 0 Å². The van der Waals surface area contributed by atoms with Gasteiger partial charge in [-0.3, -0.25) is 0 Å². The van der Waals surface area contributed by atoms with E-state index in [0.717, 1.165) is 0 Å². The van der Waals surface area contributed by atoms with E-state index in [1.165, 1.54) is 32.4 Å². The van der Waals surface area contributed by atoms with Crippen molar-refractivity contribution >= 4 is 0 Å². The quantitative estimate of drug-likeness (QED) is 0.422. The number of halogens is 1. The fourth-order valence-corrected chi connectivity index (χ4v) is 1.16. The number of quaternary nitrogens is 1. The molecule has 6 heteroatoms. The van der Waals surface area contributed by atoms with Gasteiger partial charge in [-0.15, -0.1) is 10.2 Å². The van der Waals surface area contributed by atoms with Crippen molar-refractivity contribution in [3.8, 4) is 0 Å². The molecule has 1 aliphatic heterocycles. The summed E-state index contributed by atoms with van der Waals surface area (Å²) in [4.78, 5) is 1.71. The third-order valence-corrected chi connectivity index (χ3v) is 1.71. The first kappa shape index (κ1) is 12.1. The Labute approximate surface area is 74.0 Å². The van der Waals surface area contributed by atoms with Gasteiger partial charge in [-0.25, -0.2) is 18.6 Å². The minimum absolute atomic E-state index is 1.40. The predicted molar refractivity (Wildman–Crippen MR) is 30.5 cm³/mol. The van der Waals surface area contributed by atoms with E-state index in [0.29, 0.717) is 0 Å². The number of piperidine rings is 1. The zero-order valence-corrected chi connectivity index (χ0v) is 7.80. The van der Waals surface area contributed by atoms with Crippen molar-refractivity contribution in [2.45, 2.75) is 19.3 Å². The second kappa shape index (κ2) is 5.69. The van der Waals surface area contributed by atoms with Crippen molar-refractivity contribution in [1.29, 1.82) is 0 Å². The topological polar surface area (TPSA) is 96.7 Å². The van der Waals surface area contributed by atoms with Crippen LogP contribution in [0.5, 0.6) is 0 Å². The molecule has 0 saturated carbocycles. The molecule has 0 radical (unpaired) electrons. The summed E-state index contributed by atoms with van der Waals surface area (Å²) in [7, 11) is -2.67. The highest BCUT2D eigenvalue weighted by Gasteiger charge is 2.05. The lowest BCUT2D eigenvalue weighted by Crippen LogP contribution is -3.09. The molecule has 1 aliphatic rings. The molecule has 0 aromatic carbocycles. The van der Waals surface area contributed by atoms with Crippen LogP contribution in [0.4, 0.5) is 0 Å². The highest BCUT2D eigenvalue weighted by atomic mass is 35.7. The zero-order valence-electron chi connectivity index (χ0n) is 7.05. The van der Waals surface area contributed by atoms with Gasteiger partial charge in [0.05, 0.1) is 20.1 Å². The molecule has 1 saturated heterocycles. The Morgan fingerprint density at radius 1 is 0.917 bits per heavy atom. The monoisotopic (exact) mass is 199 g/mol. The van der Waals surface area contributed by atoms with Gasteiger partial charge in [-0.1, -0.05) is 0 Å². The van der Waals surface area contributed by atoms with Crippen molar-refractivity contribution in [3.63, 3.8) is 0 Å². The summed E-state index contributed by atoms with van der Waals surface area (Å²) in [6.45, 7) is 2.81. The fourth-order valence-electron chi connectivity index (χ4n) is 1.16. The Morgan fingerprint density at radius 3 is 1.42 bits per heavy atom. The molecule has 1 rings (SSSR count). The molecule has 0 aromatic rings. The van der Waals surface area contributed by atoms with E-state index >= 15 is 0 Å². The van der Waals surface area contributed by atoms with Crippen LogP contribution in [0.15, 0.2) is 0 Å². The fraction of sp³-hybridized carbons (Fsp3) is 1.00. The Hall–Kier alpha value is 0.0900. The minimum Gasteiger partial charge on any atom is -0.337 e. The molecule has 1 N–H and O–H groups in total. The molecule has 0 amide bonds. The Kier molecular flexibility index (Phi) is 5.73. The summed E-state index contributed by atoms with van der Waals surface area (Å²) in [6.07, 6.45) is 4.37. The molecule has 1 fully saturated rings. The summed E-state index contributed by atoms with van der Waals surface area (Å²) < 4.78 is 34.0. The van der Waals surface area contributed by atoms with Crippen LogP contribution < -0.4 is 23.5 Å². The first-order chi connectivity index (χ1) is 5.39. The molecule has 5 nitrogen and oxygen atoms in total. The third kappa shape index (κ3) is 12.7. The van der Waals surface area contributed by atoms with Crippen LogP contribution in [0, 0.1) is 10.2 Å². The van der Waals surface area contributed by atoms with E-state index in [-0.39, 0.29) is 0 Å². The number of likely N-dealkylation sites (tertiary alicyclic amines) is 1. The normalized spacial score (nSPS) is 19.8. The molecule has 12 heavy (non-hydrogen) atoms. The third-order valence-electron chi connectivity index (χ3n) is 1.71. The second-order valence-corrected chi connectivity index (χ2v) is 3.65. The standard InChI is InChI=1S/C6H13N.ClHO4/c1-7-5-3-2-4-6-7;2-1(3,4)5/h2-6H2,1H3;(H,2,3,4,5). The molecule has 0 spiro atoms. The maximum Gasteiger partial charge on any atom is 0.0768 e. The van der Waals surface area contributed by atoms with Gasteiger partial charge in [0, 0.05) is 0 Å². The maximum atomic E-state index is 8.49. The predicted octanol–water partition coefficient (Wildman–Crippen LogP) is -5.07. The highest BCUT2D eigenvalue weighted by Crippen LogP contribution is 1.92. The minimum atomic E-state index is -4.94. The van der Waals surface area contributed by atoms with E-state index < -0.39 is 10.2 Å². The van der Waals surface area contributed by atoms with Crippen molar-refractivity contribution in [2.75, 3.05) is 20.1 Å². The lowest BCUT2D eigenvalue weighted by Gasteiger charge is -2.17. The van der Waals surface area contributed by atoms with Crippen LogP contribution in [0.2, 0.25) is 0 Å². The van der Waals surface area contributed by atoms with Crippen LogP contribution in [-0.2, 0) is 0 Å². The summed E-state index contributed by atoms with van der Waals surface area (Å²) in [5.74, 6) is 0. The van der Waals surface area contributed by atoms with Crippen LogP contribution in [0.3, 0.4) is 0 Å². The molecule has 1 heterocycles. The number of hydrogen-bond donors (Lipinski definition) is 1. The highest BCUT2D eigenvalue weighted by molar-refractivity contribution is 4.42. The number of nitrogens with one attached hydrogen (secondary N) is 1. The van der Waals surface area contributed by atoms with Crippen LogP contribution in [-0.4, -0.2) is 20.1 Å². The summed E-state index contributed by atoms with van der Waals surface area (Å²) in [5.41, 5.74) is 0. The molecular formula is C6H14ClNO4. The van der Waals surface area contributed by atoms with Crippen LogP contribution in [0.25, 0.3) is 0 Å². The number of rotatable bonds is 0. The molecule has 0 bridgehead atoms. The Bertz CT molecular complexity index is 105. The Balaban J connectivity index is 0.000000217. The van der Waals surface area contributed by atoms with Crippen molar-refractivity contribution in [3.05, 3.63) is 0 Å². The van der Waals surface area contributed by atoms with Crippen molar-refractivity contribution in [1.82, 2.24) is 0 Å². The van der Waals surface area contributed by atoms with Gasteiger partial charge in [-0.2, -0.15) is 0 Å². The largest absolute Gasteiger partial charge is 0.337 e. The van der Waals surface area contributed by atoms with Crippen molar-refractivity contribution in [2.24, 2.45) is 0 Å². The van der Waals surface area contributed by atoms with E-state index in [1.54, 1.807) is 4.90 Å². The summed E-state index contributed by atoms with van der Waals surface area (Å²) in [5, 5.41) is 0. The van der Waals surface area contributed by atoms with Crippen LogP contribution in [0.1, 0.15) is 19.3 Å². The smallest absolute Gasteiger partial charge is 0.0768 e. The first-order valence-electron chi connectivity index (χ1n) is 3.82. The van der Waals surface area contributed by atoms with Gasteiger partial charge in [0.2, 0.25) is 0 Å². The van der Waals surface area contributed by atoms with Gasteiger partial charge in [0.15, 0.2) is 0 Å². The molecular weight excluding hydrogens is 186 g/mol. The molecule has 0 unspecified atom stereocenters. The van der Waals surface area contributed by atoms with E-state index in [9.17, 15) is 0 Å². The summed E-state index contributed by atoms with van der Waals surface area (Å²) >= 11 is 0. The first-order valence-corrected chi connectivity index (χ1v) is 5.06.